The molecule has 0 aliphatic rings. The van der Waals surface area contributed by atoms with Gasteiger partial charge in [-0.15, -0.1) is 0 Å². The van der Waals surface area contributed by atoms with Gasteiger partial charge in [0.25, 0.3) is 0 Å². The van der Waals surface area contributed by atoms with Crippen molar-refractivity contribution in [2.24, 2.45) is 0 Å². The third-order valence-electron chi connectivity index (χ3n) is 4.31. The molecule has 0 aliphatic heterocycles. The van der Waals surface area contributed by atoms with E-state index in [0.717, 1.165) is 30.4 Å². The van der Waals surface area contributed by atoms with Crippen molar-refractivity contribution in [1.29, 1.82) is 0 Å². The standard InChI is InChI=1S/C21H24O3/c1-3-7-15-10-12-17(13-11-15)20(22)14-19(21(23)24)18-9-6-5-8-16(18)4-2/h5-6,8-13,19H,3-4,7,14H2,1-2H3,(H,23,24). The second kappa shape index (κ2) is 8.44. The molecule has 0 fully saturated rings. The van der Waals surface area contributed by atoms with E-state index in [1.165, 1.54) is 5.56 Å². The number of carboxylic acids is 1. The molecule has 0 heterocycles. The normalized spacial score (nSPS) is 11.9. The lowest BCUT2D eigenvalue weighted by molar-refractivity contribution is -0.138. The molecule has 1 N–H and O–H groups in total. The second-order valence-electron chi connectivity index (χ2n) is 6.02. The summed E-state index contributed by atoms with van der Waals surface area (Å²) in [4.78, 5) is 24.3. The lowest BCUT2D eigenvalue weighted by Gasteiger charge is -2.16. The summed E-state index contributed by atoms with van der Waals surface area (Å²) in [5.74, 6) is -1.88. The number of Topliss-reactive ketones (excluding diaryl/α,β-unsaturated/α-hetero) is 1. The fourth-order valence-electron chi connectivity index (χ4n) is 2.98. The molecule has 24 heavy (non-hydrogen) atoms. The molecular weight excluding hydrogens is 300 g/mol. The molecular formula is C21H24O3. The van der Waals surface area contributed by atoms with E-state index in [9.17, 15) is 14.7 Å². The Bertz CT molecular complexity index is 701. The highest BCUT2D eigenvalue weighted by atomic mass is 16.4. The first-order chi connectivity index (χ1) is 11.6. The van der Waals surface area contributed by atoms with Crippen LogP contribution in [0.5, 0.6) is 0 Å². The highest BCUT2D eigenvalue weighted by Crippen LogP contribution is 2.26. The molecule has 3 nitrogen and oxygen atoms in total. The van der Waals surface area contributed by atoms with Crippen LogP contribution in [0.4, 0.5) is 0 Å². The van der Waals surface area contributed by atoms with E-state index >= 15 is 0 Å². The molecule has 3 heteroatoms. The lowest BCUT2D eigenvalue weighted by Crippen LogP contribution is -2.18. The summed E-state index contributed by atoms with van der Waals surface area (Å²) in [6.07, 6.45) is 2.78. The molecule has 0 saturated carbocycles. The van der Waals surface area contributed by atoms with Gasteiger partial charge in [0.15, 0.2) is 5.78 Å². The van der Waals surface area contributed by atoms with Gasteiger partial charge in [-0.3, -0.25) is 9.59 Å². The summed E-state index contributed by atoms with van der Waals surface area (Å²) in [6.45, 7) is 4.10. The van der Waals surface area contributed by atoms with Gasteiger partial charge in [-0.05, 0) is 29.5 Å². The fourth-order valence-corrected chi connectivity index (χ4v) is 2.98. The Kier molecular flexibility index (Phi) is 6.30. The summed E-state index contributed by atoms with van der Waals surface area (Å²) in [7, 11) is 0. The van der Waals surface area contributed by atoms with Crippen molar-refractivity contribution in [2.75, 3.05) is 0 Å². The SMILES string of the molecule is CCCc1ccc(C(=O)CC(C(=O)O)c2ccccc2CC)cc1. The Hall–Kier alpha value is -2.42. The third-order valence-corrected chi connectivity index (χ3v) is 4.31. The van der Waals surface area contributed by atoms with Gasteiger partial charge < -0.3 is 5.11 Å². The number of rotatable bonds is 8. The maximum absolute atomic E-state index is 12.5. The monoisotopic (exact) mass is 324 g/mol. The van der Waals surface area contributed by atoms with Crippen molar-refractivity contribution < 1.29 is 14.7 Å². The van der Waals surface area contributed by atoms with Gasteiger partial charge >= 0.3 is 5.97 Å². The number of aryl methyl sites for hydroxylation is 2. The molecule has 2 aromatic carbocycles. The largest absolute Gasteiger partial charge is 0.481 e. The number of aliphatic carboxylic acids is 1. The summed E-state index contributed by atoms with van der Waals surface area (Å²) < 4.78 is 0. The minimum atomic E-state index is -0.952. The molecule has 0 amide bonds. The molecule has 0 aliphatic carbocycles. The first kappa shape index (κ1) is 17.9. The Morgan fingerprint density at radius 3 is 2.25 bits per heavy atom. The molecule has 0 saturated heterocycles. The molecule has 0 spiro atoms. The van der Waals surface area contributed by atoms with Gasteiger partial charge in [0.05, 0.1) is 5.92 Å². The van der Waals surface area contributed by atoms with E-state index in [0.29, 0.717) is 5.56 Å². The van der Waals surface area contributed by atoms with E-state index in [2.05, 4.69) is 6.92 Å². The Labute approximate surface area is 143 Å². The first-order valence-corrected chi connectivity index (χ1v) is 8.49. The quantitative estimate of drug-likeness (QED) is 0.720. The van der Waals surface area contributed by atoms with E-state index in [1.807, 2.05) is 43.3 Å². The first-order valence-electron chi connectivity index (χ1n) is 8.49. The number of carboxylic acid groups (broad SMARTS) is 1. The molecule has 2 rings (SSSR count). The molecule has 1 unspecified atom stereocenters. The fraction of sp³-hybridized carbons (Fsp3) is 0.333. The van der Waals surface area contributed by atoms with Crippen LogP contribution >= 0.6 is 0 Å². The third kappa shape index (κ3) is 4.31. The molecule has 0 bridgehead atoms. The average molecular weight is 324 g/mol. The summed E-state index contributed by atoms with van der Waals surface area (Å²) >= 11 is 0. The molecule has 126 valence electrons. The van der Waals surface area contributed by atoms with Crippen LogP contribution in [0.2, 0.25) is 0 Å². The van der Waals surface area contributed by atoms with Crippen LogP contribution in [-0.4, -0.2) is 16.9 Å². The van der Waals surface area contributed by atoms with E-state index in [4.69, 9.17) is 0 Å². The van der Waals surface area contributed by atoms with E-state index in [-0.39, 0.29) is 12.2 Å². The van der Waals surface area contributed by atoms with Crippen molar-refractivity contribution >= 4 is 11.8 Å². The minimum Gasteiger partial charge on any atom is -0.481 e. The van der Waals surface area contributed by atoms with Crippen LogP contribution in [0, 0.1) is 0 Å². The number of hydrogen-bond acceptors (Lipinski definition) is 2. The van der Waals surface area contributed by atoms with Crippen molar-refractivity contribution in [3.63, 3.8) is 0 Å². The molecule has 1 atom stereocenters. The van der Waals surface area contributed by atoms with Crippen molar-refractivity contribution in [1.82, 2.24) is 0 Å². The number of ketones is 1. The summed E-state index contributed by atoms with van der Waals surface area (Å²) in [5.41, 5.74) is 3.50. The van der Waals surface area contributed by atoms with Gasteiger partial charge in [-0.1, -0.05) is 68.8 Å². The summed E-state index contributed by atoms with van der Waals surface area (Å²) in [5, 5.41) is 9.60. The maximum atomic E-state index is 12.5. The van der Waals surface area contributed by atoms with Crippen LogP contribution in [0.15, 0.2) is 48.5 Å². The number of carbonyl (C=O) groups is 2. The van der Waals surface area contributed by atoms with Crippen LogP contribution < -0.4 is 0 Å². The Morgan fingerprint density at radius 1 is 1.00 bits per heavy atom. The summed E-state index contributed by atoms with van der Waals surface area (Å²) in [6, 6.07) is 15.0. The molecule has 0 aromatic heterocycles. The van der Waals surface area contributed by atoms with Crippen molar-refractivity contribution in [3.8, 4) is 0 Å². The average Bonchev–Trinajstić information content (AvgIpc) is 2.60. The minimum absolute atomic E-state index is 0.0144. The second-order valence-corrected chi connectivity index (χ2v) is 6.02. The van der Waals surface area contributed by atoms with Gasteiger partial charge in [-0.25, -0.2) is 0 Å². The Morgan fingerprint density at radius 2 is 1.67 bits per heavy atom. The van der Waals surface area contributed by atoms with Gasteiger partial charge in [0, 0.05) is 12.0 Å². The Balaban J connectivity index is 2.21. The van der Waals surface area contributed by atoms with Crippen LogP contribution in [0.25, 0.3) is 0 Å². The topological polar surface area (TPSA) is 54.4 Å². The smallest absolute Gasteiger partial charge is 0.311 e. The number of benzene rings is 2. The van der Waals surface area contributed by atoms with Gasteiger partial charge in [0.2, 0.25) is 0 Å². The zero-order valence-electron chi connectivity index (χ0n) is 14.3. The van der Waals surface area contributed by atoms with E-state index < -0.39 is 11.9 Å². The van der Waals surface area contributed by atoms with Crippen LogP contribution in [-0.2, 0) is 17.6 Å². The highest BCUT2D eigenvalue weighted by Gasteiger charge is 2.25. The van der Waals surface area contributed by atoms with Crippen molar-refractivity contribution in [3.05, 3.63) is 70.8 Å². The number of hydrogen-bond donors (Lipinski definition) is 1. The van der Waals surface area contributed by atoms with E-state index in [1.54, 1.807) is 12.1 Å². The maximum Gasteiger partial charge on any atom is 0.311 e. The van der Waals surface area contributed by atoms with Crippen LogP contribution in [0.1, 0.15) is 59.7 Å². The lowest BCUT2D eigenvalue weighted by atomic mass is 9.87. The predicted molar refractivity (Wildman–Crippen MR) is 95.6 cm³/mol. The van der Waals surface area contributed by atoms with Gasteiger partial charge in [-0.2, -0.15) is 0 Å². The van der Waals surface area contributed by atoms with Crippen LogP contribution in [0.3, 0.4) is 0 Å². The molecule has 2 aromatic rings. The predicted octanol–water partition coefficient (Wildman–Crippen LogP) is 4.64. The number of carbonyl (C=O) groups excluding carboxylic acids is 1. The molecule has 0 radical (unpaired) electrons. The van der Waals surface area contributed by atoms with Crippen molar-refractivity contribution in [2.45, 2.75) is 45.4 Å². The zero-order chi connectivity index (χ0) is 17.5. The zero-order valence-corrected chi connectivity index (χ0v) is 14.3. The van der Waals surface area contributed by atoms with Gasteiger partial charge in [0.1, 0.15) is 0 Å². The highest BCUT2D eigenvalue weighted by molar-refractivity contribution is 5.99.